The van der Waals surface area contributed by atoms with Crippen molar-refractivity contribution in [1.82, 2.24) is 0 Å². The van der Waals surface area contributed by atoms with Crippen molar-refractivity contribution in [2.75, 3.05) is 19.0 Å². The van der Waals surface area contributed by atoms with Crippen LogP contribution < -0.4 is 15.8 Å². The summed E-state index contributed by atoms with van der Waals surface area (Å²) in [4.78, 5) is 35.2. The molecule has 0 unspecified atom stereocenters. The van der Waals surface area contributed by atoms with Crippen LogP contribution in [0.2, 0.25) is 0 Å². The summed E-state index contributed by atoms with van der Waals surface area (Å²) in [5.41, 5.74) is 6.87. The third-order valence-electron chi connectivity index (χ3n) is 3.37. The van der Waals surface area contributed by atoms with Gasteiger partial charge in [-0.2, -0.15) is 0 Å². The van der Waals surface area contributed by atoms with E-state index in [-0.39, 0.29) is 23.5 Å². The third kappa shape index (κ3) is 4.57. The molecule has 0 atom stereocenters. The van der Waals surface area contributed by atoms with Crippen molar-refractivity contribution in [2.24, 2.45) is 5.73 Å². The number of hydrogen-bond acceptors (Lipinski definition) is 5. The molecule has 0 aliphatic carbocycles. The Morgan fingerprint density at radius 3 is 2.48 bits per heavy atom. The van der Waals surface area contributed by atoms with Crippen LogP contribution in [0.5, 0.6) is 5.75 Å². The van der Waals surface area contributed by atoms with Crippen LogP contribution in [0.25, 0.3) is 0 Å². The minimum atomic E-state index is -0.647. The number of carbonyl (C=O) groups excluding carboxylic acids is 3. The summed E-state index contributed by atoms with van der Waals surface area (Å²) in [5.74, 6) is -1.48. The molecule has 0 saturated heterocycles. The molecule has 3 N–H and O–H groups in total. The lowest BCUT2D eigenvalue weighted by Crippen LogP contribution is -2.23. The van der Waals surface area contributed by atoms with Gasteiger partial charge in [0.2, 0.25) is 0 Å². The largest absolute Gasteiger partial charge is 0.483 e. The number of aryl methyl sites for hydroxylation is 1. The first-order chi connectivity index (χ1) is 11.9. The maximum Gasteiger partial charge on any atom is 0.339 e. The Labute approximate surface area is 144 Å². The van der Waals surface area contributed by atoms with Gasteiger partial charge in [0.25, 0.3) is 11.8 Å². The molecule has 2 aromatic carbocycles. The van der Waals surface area contributed by atoms with Crippen molar-refractivity contribution < 1.29 is 23.9 Å². The second-order valence-electron chi connectivity index (χ2n) is 5.24. The van der Waals surface area contributed by atoms with E-state index in [2.05, 4.69) is 10.1 Å². The van der Waals surface area contributed by atoms with Crippen LogP contribution in [0.15, 0.2) is 42.5 Å². The maximum atomic E-state index is 12.1. The summed E-state index contributed by atoms with van der Waals surface area (Å²) >= 11 is 0. The highest BCUT2D eigenvalue weighted by molar-refractivity contribution is 6.01. The SMILES string of the molecule is COC(=O)c1ccccc1NC(=O)COc1cc(C)ccc1C(N)=O. The number of benzene rings is 2. The molecule has 0 aliphatic rings. The Morgan fingerprint density at radius 1 is 1.08 bits per heavy atom. The average molecular weight is 342 g/mol. The number of para-hydroxylation sites is 1. The number of esters is 1. The van der Waals surface area contributed by atoms with E-state index in [4.69, 9.17) is 10.5 Å². The fraction of sp³-hybridized carbons (Fsp3) is 0.167. The highest BCUT2D eigenvalue weighted by Gasteiger charge is 2.15. The van der Waals surface area contributed by atoms with Gasteiger partial charge in [-0.3, -0.25) is 9.59 Å². The van der Waals surface area contributed by atoms with Crippen LogP contribution in [0.1, 0.15) is 26.3 Å². The molecule has 7 nitrogen and oxygen atoms in total. The minimum Gasteiger partial charge on any atom is -0.483 e. The van der Waals surface area contributed by atoms with Gasteiger partial charge in [-0.15, -0.1) is 0 Å². The van der Waals surface area contributed by atoms with Gasteiger partial charge in [0.1, 0.15) is 5.75 Å². The first-order valence-corrected chi connectivity index (χ1v) is 7.43. The molecule has 130 valence electrons. The fourth-order valence-corrected chi connectivity index (χ4v) is 2.16. The molecular formula is C18H18N2O5. The Bertz CT molecular complexity index is 817. The molecule has 0 fully saturated rings. The number of rotatable bonds is 6. The summed E-state index contributed by atoms with van der Waals surface area (Å²) in [5, 5.41) is 2.58. The zero-order chi connectivity index (χ0) is 18.4. The molecule has 0 heterocycles. The van der Waals surface area contributed by atoms with E-state index < -0.39 is 17.8 Å². The van der Waals surface area contributed by atoms with Gasteiger partial charge in [0, 0.05) is 0 Å². The predicted octanol–water partition coefficient (Wildman–Crippen LogP) is 1.90. The van der Waals surface area contributed by atoms with Gasteiger partial charge in [0.15, 0.2) is 6.61 Å². The van der Waals surface area contributed by atoms with Gasteiger partial charge >= 0.3 is 5.97 Å². The molecule has 25 heavy (non-hydrogen) atoms. The van der Waals surface area contributed by atoms with Crippen LogP contribution in [0.3, 0.4) is 0 Å². The van der Waals surface area contributed by atoms with Crippen molar-refractivity contribution in [3.63, 3.8) is 0 Å². The number of nitrogens with two attached hydrogens (primary N) is 1. The number of ether oxygens (including phenoxy) is 2. The van der Waals surface area contributed by atoms with E-state index >= 15 is 0 Å². The molecule has 0 aliphatic heterocycles. The number of primary amides is 1. The fourth-order valence-electron chi connectivity index (χ4n) is 2.16. The number of methoxy groups -OCH3 is 1. The Kier molecular flexibility index (Phi) is 5.73. The van der Waals surface area contributed by atoms with Crippen LogP contribution in [0, 0.1) is 6.92 Å². The zero-order valence-corrected chi connectivity index (χ0v) is 13.9. The quantitative estimate of drug-likeness (QED) is 0.780. The molecular weight excluding hydrogens is 324 g/mol. The van der Waals surface area contributed by atoms with Crippen molar-refractivity contribution in [3.8, 4) is 5.75 Å². The summed E-state index contributed by atoms with van der Waals surface area (Å²) in [6, 6.07) is 11.3. The number of anilines is 1. The summed E-state index contributed by atoms with van der Waals surface area (Å²) in [6.45, 7) is 1.48. The monoisotopic (exact) mass is 342 g/mol. The van der Waals surface area contributed by atoms with E-state index in [0.717, 1.165) is 5.56 Å². The molecule has 0 radical (unpaired) electrons. The van der Waals surface area contributed by atoms with Crippen molar-refractivity contribution in [3.05, 3.63) is 59.2 Å². The lowest BCUT2D eigenvalue weighted by Gasteiger charge is -2.12. The summed E-state index contributed by atoms with van der Waals surface area (Å²) < 4.78 is 10.1. The van der Waals surface area contributed by atoms with Crippen molar-refractivity contribution in [1.29, 1.82) is 0 Å². The highest BCUT2D eigenvalue weighted by Crippen LogP contribution is 2.20. The first-order valence-electron chi connectivity index (χ1n) is 7.43. The molecule has 0 saturated carbocycles. The number of nitrogens with one attached hydrogen (secondary N) is 1. The molecule has 0 aromatic heterocycles. The highest BCUT2D eigenvalue weighted by atomic mass is 16.5. The molecule has 0 spiro atoms. The average Bonchev–Trinajstić information content (AvgIpc) is 2.59. The normalized spacial score (nSPS) is 10.0. The molecule has 0 bridgehead atoms. The first kappa shape index (κ1) is 18.0. The van der Waals surface area contributed by atoms with Crippen LogP contribution in [-0.2, 0) is 9.53 Å². The number of hydrogen-bond donors (Lipinski definition) is 2. The van der Waals surface area contributed by atoms with E-state index in [0.29, 0.717) is 5.69 Å². The number of carbonyl (C=O) groups is 3. The van der Waals surface area contributed by atoms with Crippen molar-refractivity contribution >= 4 is 23.5 Å². The van der Waals surface area contributed by atoms with Gasteiger partial charge in [-0.25, -0.2) is 4.79 Å². The zero-order valence-electron chi connectivity index (χ0n) is 13.9. The minimum absolute atomic E-state index is 0.188. The van der Waals surface area contributed by atoms with Crippen LogP contribution >= 0.6 is 0 Å². The molecule has 7 heteroatoms. The van der Waals surface area contributed by atoms with Gasteiger partial charge < -0.3 is 20.5 Å². The second kappa shape index (κ2) is 7.96. The Balaban J connectivity index is 2.09. The number of amides is 2. The smallest absolute Gasteiger partial charge is 0.339 e. The standard InChI is InChI=1S/C18H18N2O5/c1-11-7-8-13(17(19)22)15(9-11)25-10-16(21)20-14-6-4-3-5-12(14)18(23)24-2/h3-9H,10H2,1-2H3,(H2,19,22)(H,20,21). The van der Waals surface area contributed by atoms with Gasteiger partial charge in [-0.1, -0.05) is 18.2 Å². The molecule has 2 aromatic rings. The van der Waals surface area contributed by atoms with Crippen LogP contribution in [-0.4, -0.2) is 31.5 Å². The van der Waals surface area contributed by atoms with E-state index in [1.165, 1.54) is 19.2 Å². The molecule has 2 rings (SSSR count). The van der Waals surface area contributed by atoms with Gasteiger partial charge in [0.05, 0.1) is 23.9 Å². The predicted molar refractivity (Wildman–Crippen MR) is 91.6 cm³/mol. The van der Waals surface area contributed by atoms with E-state index in [9.17, 15) is 14.4 Å². The summed E-state index contributed by atoms with van der Waals surface area (Å²) in [7, 11) is 1.26. The Morgan fingerprint density at radius 2 is 1.80 bits per heavy atom. The van der Waals surface area contributed by atoms with E-state index in [1.807, 2.05) is 6.92 Å². The lowest BCUT2D eigenvalue weighted by atomic mass is 10.1. The van der Waals surface area contributed by atoms with Crippen molar-refractivity contribution in [2.45, 2.75) is 6.92 Å². The van der Waals surface area contributed by atoms with Crippen LogP contribution in [0.4, 0.5) is 5.69 Å². The third-order valence-corrected chi connectivity index (χ3v) is 3.37. The van der Waals surface area contributed by atoms with E-state index in [1.54, 1.807) is 30.3 Å². The lowest BCUT2D eigenvalue weighted by molar-refractivity contribution is -0.118. The second-order valence-corrected chi connectivity index (χ2v) is 5.24. The summed E-state index contributed by atoms with van der Waals surface area (Å²) in [6.07, 6.45) is 0. The molecule has 2 amide bonds. The van der Waals surface area contributed by atoms with Gasteiger partial charge in [-0.05, 0) is 36.8 Å². The Hall–Kier alpha value is -3.35. The topological polar surface area (TPSA) is 108 Å². The maximum absolute atomic E-state index is 12.1.